The Kier molecular flexibility index (Phi) is 9.70. The second-order valence-electron chi connectivity index (χ2n) is 10.1. The molecule has 198 valence electrons. The van der Waals surface area contributed by atoms with Gasteiger partial charge in [0.05, 0.1) is 5.75 Å². The Labute approximate surface area is 222 Å². The molecule has 0 radical (unpaired) electrons. The van der Waals surface area contributed by atoms with Crippen molar-refractivity contribution in [3.8, 4) is 0 Å². The van der Waals surface area contributed by atoms with Crippen molar-refractivity contribution in [2.75, 3.05) is 36.8 Å². The number of carbonyl (C=O) groups is 3. The monoisotopic (exact) mass is 536 g/mol. The fourth-order valence-electron chi connectivity index (χ4n) is 5.36. The summed E-state index contributed by atoms with van der Waals surface area (Å²) in [5.41, 5.74) is 0. The van der Waals surface area contributed by atoms with Gasteiger partial charge in [0.2, 0.25) is 17.7 Å². The van der Waals surface area contributed by atoms with Gasteiger partial charge in [-0.15, -0.1) is 0 Å². The number of hydrogen-bond donors (Lipinski definition) is 2. The van der Waals surface area contributed by atoms with Crippen LogP contribution in [0.5, 0.6) is 0 Å². The average molecular weight is 537 g/mol. The molecule has 1 aromatic heterocycles. The molecule has 36 heavy (non-hydrogen) atoms. The summed E-state index contributed by atoms with van der Waals surface area (Å²) in [6.45, 7) is 4.73. The zero-order valence-electron chi connectivity index (χ0n) is 21.0. The van der Waals surface area contributed by atoms with E-state index in [1.165, 1.54) is 37.4 Å². The van der Waals surface area contributed by atoms with Gasteiger partial charge < -0.3 is 20.4 Å². The number of nitrogens with one attached hydrogen (secondary N) is 2. The summed E-state index contributed by atoms with van der Waals surface area (Å²) in [6, 6.07) is 1.32. The average Bonchev–Trinajstić information content (AvgIpc) is 3.30. The summed E-state index contributed by atoms with van der Waals surface area (Å²) in [7, 11) is 0. The van der Waals surface area contributed by atoms with Crippen molar-refractivity contribution < 1.29 is 14.4 Å². The first-order valence-corrected chi connectivity index (χ1v) is 14.5. The molecule has 11 heteroatoms. The van der Waals surface area contributed by atoms with Crippen molar-refractivity contribution in [3.05, 3.63) is 11.2 Å². The molecule has 3 aliphatic rings. The second-order valence-corrected chi connectivity index (χ2v) is 11.4. The first kappa shape index (κ1) is 27.0. The maximum absolute atomic E-state index is 12.8. The van der Waals surface area contributed by atoms with Gasteiger partial charge in [0, 0.05) is 44.7 Å². The lowest BCUT2D eigenvalue weighted by Crippen LogP contribution is -2.54. The Balaban J connectivity index is 1.28. The van der Waals surface area contributed by atoms with Crippen molar-refractivity contribution in [2.45, 2.75) is 82.0 Å². The molecule has 0 bridgehead atoms. The lowest BCUT2D eigenvalue weighted by molar-refractivity contribution is -0.134. The Morgan fingerprint density at radius 3 is 2.72 bits per heavy atom. The zero-order chi connectivity index (χ0) is 25.5. The molecule has 1 saturated carbocycles. The predicted molar refractivity (Wildman–Crippen MR) is 141 cm³/mol. The van der Waals surface area contributed by atoms with E-state index in [0.29, 0.717) is 55.1 Å². The molecule has 3 fully saturated rings. The number of amides is 3. The van der Waals surface area contributed by atoms with Crippen molar-refractivity contribution in [3.63, 3.8) is 0 Å². The number of carbonyl (C=O) groups excluding carboxylic acids is 3. The van der Waals surface area contributed by atoms with Crippen molar-refractivity contribution >= 4 is 46.9 Å². The number of aromatic nitrogens is 2. The second kappa shape index (κ2) is 12.9. The molecule has 3 heterocycles. The van der Waals surface area contributed by atoms with Gasteiger partial charge in [-0.3, -0.25) is 14.4 Å². The standard InChI is InChI=1S/C25H37ClN6O3S/c1-17-15-31(12-13-32(17)23(34)10-9-18-6-2-3-7-18)21-14-20(26)29-25(30-21)36-16-22(33)28-19-8-4-5-11-27-24(19)35/h14,17-19H,2-13,15-16H2,1H3,(H,27,35)(H,28,33). The molecule has 2 N–H and O–H groups in total. The first-order valence-electron chi connectivity index (χ1n) is 13.2. The number of halogens is 1. The van der Waals surface area contributed by atoms with Gasteiger partial charge in [-0.2, -0.15) is 0 Å². The van der Waals surface area contributed by atoms with E-state index in [4.69, 9.17) is 11.6 Å². The van der Waals surface area contributed by atoms with Gasteiger partial charge in [-0.25, -0.2) is 9.97 Å². The summed E-state index contributed by atoms with van der Waals surface area (Å²) in [5.74, 6) is 1.41. The third-order valence-corrected chi connectivity index (χ3v) is 8.42. The molecule has 2 atom stereocenters. The number of nitrogens with zero attached hydrogens (tertiary/aromatic N) is 4. The van der Waals surface area contributed by atoms with Crippen LogP contribution < -0.4 is 15.5 Å². The van der Waals surface area contributed by atoms with Crippen LogP contribution >= 0.6 is 23.4 Å². The minimum absolute atomic E-state index is 0.0798. The highest BCUT2D eigenvalue weighted by Crippen LogP contribution is 2.29. The molecular weight excluding hydrogens is 500 g/mol. The Bertz CT molecular complexity index is 944. The topological polar surface area (TPSA) is 108 Å². The van der Waals surface area contributed by atoms with Gasteiger partial charge in [0.1, 0.15) is 17.0 Å². The molecule has 9 nitrogen and oxygen atoms in total. The van der Waals surface area contributed by atoms with Crippen LogP contribution in [0, 0.1) is 5.92 Å². The Morgan fingerprint density at radius 1 is 1.17 bits per heavy atom. The number of anilines is 1. The van der Waals surface area contributed by atoms with Crippen LogP contribution in [0.25, 0.3) is 0 Å². The lowest BCUT2D eigenvalue weighted by Gasteiger charge is -2.40. The van der Waals surface area contributed by atoms with Gasteiger partial charge in [-0.05, 0) is 38.5 Å². The SMILES string of the molecule is CC1CN(c2cc(Cl)nc(SCC(=O)NC3CCCCNC3=O)n2)CCN1C(=O)CCC1CCCC1. The van der Waals surface area contributed by atoms with E-state index in [1.54, 1.807) is 6.07 Å². The fourth-order valence-corrected chi connectivity index (χ4v) is 6.25. The number of thioether (sulfide) groups is 1. The van der Waals surface area contributed by atoms with Crippen LogP contribution in [0.15, 0.2) is 11.2 Å². The summed E-state index contributed by atoms with van der Waals surface area (Å²) >= 11 is 7.49. The van der Waals surface area contributed by atoms with Gasteiger partial charge >= 0.3 is 0 Å². The maximum atomic E-state index is 12.8. The molecule has 2 aliphatic heterocycles. The smallest absolute Gasteiger partial charge is 0.242 e. The van der Waals surface area contributed by atoms with E-state index in [2.05, 4.69) is 32.4 Å². The summed E-state index contributed by atoms with van der Waals surface area (Å²) < 4.78 is 0. The third-order valence-electron chi connectivity index (χ3n) is 7.38. The molecular formula is C25H37ClN6O3S. The van der Waals surface area contributed by atoms with Crippen molar-refractivity contribution in [1.82, 2.24) is 25.5 Å². The van der Waals surface area contributed by atoms with Gasteiger partial charge in [0.15, 0.2) is 5.16 Å². The maximum Gasteiger partial charge on any atom is 0.242 e. The van der Waals surface area contributed by atoms with Crippen LogP contribution in [-0.4, -0.2) is 76.6 Å². The first-order chi connectivity index (χ1) is 17.4. The van der Waals surface area contributed by atoms with E-state index in [-0.39, 0.29) is 29.5 Å². The molecule has 4 rings (SSSR count). The van der Waals surface area contributed by atoms with Gasteiger partial charge in [0.25, 0.3) is 0 Å². The predicted octanol–water partition coefficient (Wildman–Crippen LogP) is 3.01. The molecule has 3 amide bonds. The van der Waals surface area contributed by atoms with E-state index in [0.717, 1.165) is 25.2 Å². The highest BCUT2D eigenvalue weighted by atomic mass is 35.5. The van der Waals surface area contributed by atoms with Crippen molar-refractivity contribution in [1.29, 1.82) is 0 Å². The largest absolute Gasteiger partial charge is 0.354 e. The van der Waals surface area contributed by atoms with Crippen molar-refractivity contribution in [2.24, 2.45) is 5.92 Å². The van der Waals surface area contributed by atoms with Crippen LogP contribution in [0.1, 0.15) is 64.7 Å². The van der Waals surface area contributed by atoms with E-state index in [9.17, 15) is 14.4 Å². The van der Waals surface area contributed by atoms with E-state index < -0.39 is 6.04 Å². The summed E-state index contributed by atoms with van der Waals surface area (Å²) in [6.07, 6.45) is 9.25. The fraction of sp³-hybridized carbons (Fsp3) is 0.720. The van der Waals surface area contributed by atoms with Gasteiger partial charge in [-0.1, -0.05) is 49.0 Å². The Morgan fingerprint density at radius 2 is 1.94 bits per heavy atom. The lowest BCUT2D eigenvalue weighted by atomic mass is 10.0. The molecule has 2 unspecified atom stereocenters. The highest BCUT2D eigenvalue weighted by Gasteiger charge is 2.29. The molecule has 0 spiro atoms. The van der Waals surface area contributed by atoms with Crippen LogP contribution in [0.4, 0.5) is 5.82 Å². The number of piperazine rings is 1. The zero-order valence-corrected chi connectivity index (χ0v) is 22.6. The van der Waals surface area contributed by atoms with Crippen LogP contribution in [-0.2, 0) is 14.4 Å². The quantitative estimate of drug-likeness (QED) is 0.299. The van der Waals surface area contributed by atoms with Crippen LogP contribution in [0.2, 0.25) is 5.15 Å². The summed E-state index contributed by atoms with van der Waals surface area (Å²) in [4.78, 5) is 50.4. The third kappa shape index (κ3) is 7.47. The molecule has 0 aromatic carbocycles. The Hall–Kier alpha value is -2.07. The minimum atomic E-state index is -0.491. The number of rotatable bonds is 8. The van der Waals surface area contributed by atoms with E-state index in [1.807, 2.05) is 4.90 Å². The van der Waals surface area contributed by atoms with Crippen LogP contribution in [0.3, 0.4) is 0 Å². The summed E-state index contributed by atoms with van der Waals surface area (Å²) in [5, 5.41) is 6.37. The minimum Gasteiger partial charge on any atom is -0.354 e. The molecule has 2 saturated heterocycles. The highest BCUT2D eigenvalue weighted by molar-refractivity contribution is 7.99. The van der Waals surface area contributed by atoms with E-state index >= 15 is 0 Å². The molecule has 1 aliphatic carbocycles. The molecule has 1 aromatic rings. The number of hydrogen-bond acceptors (Lipinski definition) is 7. The normalized spacial score (nSPS) is 23.3.